The lowest BCUT2D eigenvalue weighted by Gasteiger charge is -2.29. The second-order valence-electron chi connectivity index (χ2n) is 29.0. The average molecular weight is 1660 g/mol. The van der Waals surface area contributed by atoms with Crippen molar-refractivity contribution < 1.29 is 122 Å². The number of aliphatic hydroxyl groups is 3. The highest BCUT2D eigenvalue weighted by Crippen LogP contribution is 2.16. The van der Waals surface area contributed by atoms with Crippen molar-refractivity contribution in [1.29, 1.82) is 0 Å². The van der Waals surface area contributed by atoms with Crippen LogP contribution in [0.1, 0.15) is 178 Å². The molecule has 0 rings (SSSR count). The Morgan fingerprint density at radius 2 is 0.629 bits per heavy atom. The molecule has 14 amide bonds. The largest absolute Gasteiger partial charge is 0.481 e. The minimum atomic E-state index is -2.11. The van der Waals surface area contributed by atoms with Gasteiger partial charge >= 0.3 is 23.9 Å². The zero-order chi connectivity index (χ0) is 88.8. The molecule has 0 aromatic rings. The highest BCUT2D eigenvalue weighted by molar-refractivity contribution is 6.01. The van der Waals surface area contributed by atoms with Crippen LogP contribution in [0.4, 0.5) is 0 Å². The van der Waals surface area contributed by atoms with Crippen LogP contribution < -0.4 is 103 Å². The van der Waals surface area contributed by atoms with Crippen molar-refractivity contribution in [3.05, 3.63) is 0 Å². The number of aliphatic hydroxyl groups excluding tert-OH is 3. The first-order valence-electron chi connectivity index (χ1n) is 38.5. The molecule has 0 aromatic heterocycles. The Labute approximate surface area is 672 Å². The fourth-order valence-corrected chi connectivity index (χ4v) is 11.0. The van der Waals surface area contributed by atoms with Crippen LogP contribution in [0.2, 0.25) is 0 Å². The number of nitrogens with two attached hydrogens (primary N) is 5. The molecular formula is C71H126N20O25. The summed E-state index contributed by atoms with van der Waals surface area (Å²) in [4.78, 5) is 246. The van der Waals surface area contributed by atoms with Gasteiger partial charge in [-0.1, -0.05) is 68.2 Å². The van der Waals surface area contributed by atoms with Crippen LogP contribution in [0.3, 0.4) is 0 Å². The summed E-state index contributed by atoms with van der Waals surface area (Å²) >= 11 is 0. The summed E-state index contributed by atoms with van der Waals surface area (Å²) in [6.45, 7) is 12.9. The number of aliphatic imine (C=N–C) groups is 1. The predicted molar refractivity (Wildman–Crippen MR) is 415 cm³/mol. The molecule has 116 heavy (non-hydrogen) atoms. The molecule has 45 nitrogen and oxygen atoms in total. The van der Waals surface area contributed by atoms with E-state index in [-0.39, 0.29) is 102 Å². The third kappa shape index (κ3) is 41.2. The van der Waals surface area contributed by atoms with Gasteiger partial charge in [0.25, 0.3) is 0 Å². The zero-order valence-electron chi connectivity index (χ0n) is 67.5. The molecule has 31 N–H and O–H groups in total. The lowest BCUT2D eigenvalue weighted by atomic mass is 9.96. The molecular weight excluding hydrogens is 1530 g/mol. The first-order chi connectivity index (χ1) is 54.4. The van der Waals surface area contributed by atoms with Crippen molar-refractivity contribution in [2.45, 2.75) is 269 Å². The monoisotopic (exact) mass is 1660 g/mol. The van der Waals surface area contributed by atoms with E-state index < -0.39 is 261 Å². The van der Waals surface area contributed by atoms with Crippen LogP contribution in [-0.2, 0) is 86.3 Å². The molecule has 17 atom stereocenters. The summed E-state index contributed by atoms with van der Waals surface area (Å²) in [5, 5.41) is 102. The number of carboxylic acids is 4. The van der Waals surface area contributed by atoms with Gasteiger partial charge < -0.3 is 139 Å². The predicted octanol–water partition coefficient (Wildman–Crippen LogP) is -8.10. The molecule has 0 saturated heterocycles. The van der Waals surface area contributed by atoms with E-state index in [0.29, 0.717) is 12.8 Å². The Hall–Kier alpha value is -10.5. The van der Waals surface area contributed by atoms with Crippen LogP contribution in [0, 0.1) is 23.7 Å². The number of nitrogens with zero attached hydrogens (tertiary/aromatic N) is 1. The van der Waals surface area contributed by atoms with E-state index in [4.69, 9.17) is 28.7 Å². The van der Waals surface area contributed by atoms with Crippen LogP contribution in [0.25, 0.3) is 0 Å². The molecule has 0 bridgehead atoms. The SMILES string of the molecule is CC[C@H](C)[C@H](N)C(=O)N[C@@H](CO)C(=O)N[C@H](C(=O)N[C@@H](CCCCN)C(=O)N[C@@H](CC(=O)O)C(=O)N[C@@H](CCC(=O)O)C(=O)N[C@@H](CCC(=O)O)C(=O)N[C@@H](CC(C)C)C(=O)N[C@@H](C)C(=O)N[C@@H](CO)C(=O)N[C@@H](CC(C)C)C(=O)N[C@@H](CCCN=C(N)N)C(=O)N[C@@H](CCCCN)C(=O)N[C@@H](C)C(=O)N[C@@H](CO)C(=O)O)[C@@H](C)CC. The van der Waals surface area contributed by atoms with Crippen molar-refractivity contribution in [3.8, 4) is 0 Å². The van der Waals surface area contributed by atoms with Gasteiger partial charge in [-0.3, -0.25) is 86.5 Å². The Morgan fingerprint density at radius 1 is 0.328 bits per heavy atom. The summed E-state index contributed by atoms with van der Waals surface area (Å²) in [5.41, 5.74) is 28.4. The first-order valence-corrected chi connectivity index (χ1v) is 38.5. The van der Waals surface area contributed by atoms with Gasteiger partial charge in [0.1, 0.15) is 84.6 Å². The summed E-state index contributed by atoms with van der Waals surface area (Å²) in [7, 11) is 0. The first kappa shape index (κ1) is 105. The number of carboxylic acid groups (broad SMARTS) is 4. The Bertz CT molecular complexity index is 3310. The lowest BCUT2D eigenvalue weighted by Crippen LogP contribution is -2.61. The summed E-state index contributed by atoms with van der Waals surface area (Å²) in [5.74, 6) is -23.6. The molecule has 0 aromatic carbocycles. The van der Waals surface area contributed by atoms with Gasteiger partial charge in [-0.15, -0.1) is 0 Å². The van der Waals surface area contributed by atoms with E-state index >= 15 is 0 Å². The molecule has 0 heterocycles. The van der Waals surface area contributed by atoms with Crippen molar-refractivity contribution in [2.75, 3.05) is 39.5 Å². The van der Waals surface area contributed by atoms with E-state index in [1.807, 2.05) is 0 Å². The minimum Gasteiger partial charge on any atom is -0.481 e. The maximum atomic E-state index is 14.3. The van der Waals surface area contributed by atoms with Gasteiger partial charge in [0, 0.05) is 19.4 Å². The maximum Gasteiger partial charge on any atom is 0.328 e. The van der Waals surface area contributed by atoms with Crippen molar-refractivity contribution in [3.63, 3.8) is 0 Å². The molecule has 0 radical (unpaired) electrons. The van der Waals surface area contributed by atoms with E-state index in [1.54, 1.807) is 55.4 Å². The number of aliphatic carboxylic acids is 4. The average Bonchev–Trinajstić information content (AvgIpc) is 0.849. The molecule has 45 heteroatoms. The maximum absolute atomic E-state index is 14.3. The second-order valence-corrected chi connectivity index (χ2v) is 29.0. The number of guanidine groups is 1. The zero-order valence-corrected chi connectivity index (χ0v) is 67.5. The second kappa shape index (κ2) is 55.9. The number of rotatable bonds is 60. The third-order valence-corrected chi connectivity index (χ3v) is 18.3. The quantitative estimate of drug-likeness (QED) is 0.0153. The van der Waals surface area contributed by atoms with Gasteiger partial charge in [-0.25, -0.2) is 4.79 Å². The lowest BCUT2D eigenvalue weighted by molar-refractivity contribution is -0.143. The standard InChI is InChI=1S/C71H126N20O25/c1-11-36(7)54(74)68(113)89-49(32-93)67(112)91-55(37(8)12-2)69(114)84-41(19-14-16-26-73)60(105)87-47(30-53(99)100)65(110)83-43(21-23-51(95)96)61(106)82-44(22-24-52(97)98)62(107)85-45(28-34(3)4)63(108)79-38(9)56(101)88-48(31-92)66(111)86-46(29-35(5)6)64(109)81-42(20-17-27-77-71(75)76)59(104)80-40(18-13-15-25-72)58(103)78-39(10)57(102)90-50(33-94)70(115)116/h34-50,54-55,92-94H,11-33,72-74H2,1-10H3,(H,78,103)(H,79,108)(H,80,104)(H,81,109)(H,82,106)(H,83,110)(H,84,114)(H,85,107)(H,86,111)(H,87,105)(H,88,101)(H,89,113)(H,90,102)(H,91,112)(H,95,96)(H,97,98)(H,99,100)(H,115,116)(H4,75,76,77)/t36-,37-,38-,39-,40-,41-,42-,43-,44-,45-,46-,47-,48-,49-,50-,54-,55-/m0/s1. The molecule has 0 aliphatic carbocycles. The minimum absolute atomic E-state index is 0.0442. The van der Waals surface area contributed by atoms with Gasteiger partial charge in [0.05, 0.1) is 32.3 Å². The molecule has 0 aliphatic heterocycles. The fourth-order valence-electron chi connectivity index (χ4n) is 11.0. The summed E-state index contributed by atoms with van der Waals surface area (Å²) < 4.78 is 0. The van der Waals surface area contributed by atoms with Crippen LogP contribution >= 0.6 is 0 Å². The molecule has 0 unspecified atom stereocenters. The number of carbonyl (C=O) groups is 18. The molecule has 660 valence electrons. The molecule has 0 fully saturated rings. The highest BCUT2D eigenvalue weighted by Gasteiger charge is 2.39. The van der Waals surface area contributed by atoms with Gasteiger partial charge in [-0.05, 0) is 128 Å². The Kier molecular flexibility index (Phi) is 50.8. The smallest absolute Gasteiger partial charge is 0.328 e. The van der Waals surface area contributed by atoms with E-state index in [1.165, 1.54) is 6.92 Å². The third-order valence-electron chi connectivity index (χ3n) is 18.3. The van der Waals surface area contributed by atoms with Gasteiger partial charge in [0.15, 0.2) is 5.96 Å². The highest BCUT2D eigenvalue weighted by atomic mass is 16.4. The number of unbranched alkanes of at least 4 members (excludes halogenated alkanes) is 2. The Balaban J connectivity index is 7.03. The van der Waals surface area contributed by atoms with E-state index in [2.05, 4.69) is 79.4 Å². The summed E-state index contributed by atoms with van der Waals surface area (Å²) in [6, 6.07) is -24.3. The van der Waals surface area contributed by atoms with Crippen molar-refractivity contribution in [2.24, 2.45) is 57.3 Å². The van der Waals surface area contributed by atoms with Crippen molar-refractivity contribution >= 4 is 113 Å². The van der Waals surface area contributed by atoms with Crippen LogP contribution in [0.15, 0.2) is 4.99 Å². The Morgan fingerprint density at radius 3 is 0.983 bits per heavy atom. The number of amides is 14. The summed E-state index contributed by atoms with van der Waals surface area (Å²) in [6.07, 6.45) is -3.41. The normalized spacial score (nSPS) is 15.6. The molecule has 0 spiro atoms. The topological polar surface area (TPSA) is 760 Å². The van der Waals surface area contributed by atoms with Crippen LogP contribution in [-0.4, -0.2) is 278 Å². The van der Waals surface area contributed by atoms with Gasteiger partial charge in [0.2, 0.25) is 82.7 Å². The van der Waals surface area contributed by atoms with E-state index in [0.717, 1.165) is 6.92 Å². The van der Waals surface area contributed by atoms with E-state index in [9.17, 15) is 122 Å². The van der Waals surface area contributed by atoms with Gasteiger partial charge in [-0.2, -0.15) is 0 Å². The molecule has 0 aliphatic rings. The fraction of sp³-hybridized carbons (Fsp3) is 0.732. The molecule has 0 saturated carbocycles. The van der Waals surface area contributed by atoms with Crippen molar-refractivity contribution in [1.82, 2.24) is 74.4 Å². The number of hydrogen-bond donors (Lipinski definition) is 26. The number of nitrogens with one attached hydrogen (secondary N) is 14. The van der Waals surface area contributed by atoms with Crippen LogP contribution in [0.5, 0.6) is 0 Å². The number of hydrogen-bond acceptors (Lipinski definition) is 25. The number of carbonyl (C=O) groups excluding carboxylic acids is 14.